The van der Waals surface area contributed by atoms with Crippen LogP contribution in [0.3, 0.4) is 0 Å². The van der Waals surface area contributed by atoms with Gasteiger partial charge >= 0.3 is 5.97 Å². The molecule has 0 amide bonds. The summed E-state index contributed by atoms with van der Waals surface area (Å²) >= 11 is 1.11. The van der Waals surface area contributed by atoms with Crippen LogP contribution in [0.5, 0.6) is 0 Å². The van der Waals surface area contributed by atoms with E-state index in [0.29, 0.717) is 0 Å². The van der Waals surface area contributed by atoms with Gasteiger partial charge in [0.05, 0.1) is 18.0 Å². The average molecular weight is 180 g/mol. The molecule has 0 aromatic heterocycles. The van der Waals surface area contributed by atoms with Crippen molar-refractivity contribution in [2.75, 3.05) is 12.4 Å². The van der Waals surface area contributed by atoms with Crippen molar-refractivity contribution in [3.63, 3.8) is 0 Å². The van der Waals surface area contributed by atoms with Gasteiger partial charge in [0.1, 0.15) is 0 Å². The molecule has 0 spiro atoms. The smallest absolute Gasteiger partial charge is 0.316 e. The number of hydrogen-bond donors (Lipinski definition) is 3. The van der Waals surface area contributed by atoms with E-state index in [1.165, 1.54) is 6.92 Å². The van der Waals surface area contributed by atoms with E-state index in [4.69, 9.17) is 15.3 Å². The summed E-state index contributed by atoms with van der Waals surface area (Å²) in [6, 6.07) is 0. The molecule has 0 aliphatic heterocycles. The van der Waals surface area contributed by atoms with Crippen LogP contribution in [0.1, 0.15) is 6.92 Å². The fourth-order valence-corrected chi connectivity index (χ4v) is 1.14. The molecule has 11 heavy (non-hydrogen) atoms. The standard InChI is InChI=1S/C6H12O4S/c1-4(6(9)10)11-3-5(8)2-7/h4-5,7-8H,2-3H2,1H3,(H,9,10). The molecule has 0 aliphatic rings. The van der Waals surface area contributed by atoms with E-state index in [0.717, 1.165) is 11.8 Å². The van der Waals surface area contributed by atoms with Crippen molar-refractivity contribution in [3.8, 4) is 0 Å². The summed E-state index contributed by atoms with van der Waals surface area (Å²) in [5, 5.41) is 25.1. The van der Waals surface area contributed by atoms with Crippen molar-refractivity contribution >= 4 is 17.7 Å². The first kappa shape index (κ1) is 10.7. The molecule has 0 aromatic rings. The zero-order valence-corrected chi connectivity index (χ0v) is 7.04. The highest BCUT2D eigenvalue weighted by Crippen LogP contribution is 2.11. The lowest BCUT2D eigenvalue weighted by molar-refractivity contribution is -0.136. The zero-order valence-electron chi connectivity index (χ0n) is 6.23. The molecular weight excluding hydrogens is 168 g/mol. The topological polar surface area (TPSA) is 77.8 Å². The summed E-state index contributed by atoms with van der Waals surface area (Å²) in [6.07, 6.45) is -0.818. The van der Waals surface area contributed by atoms with Crippen molar-refractivity contribution < 1.29 is 20.1 Å². The largest absolute Gasteiger partial charge is 0.480 e. The summed E-state index contributed by atoms with van der Waals surface area (Å²) in [5.74, 6) is -0.649. The fraction of sp³-hybridized carbons (Fsp3) is 0.833. The van der Waals surface area contributed by atoms with Gasteiger partial charge in [0, 0.05) is 5.75 Å². The predicted molar refractivity (Wildman–Crippen MR) is 42.6 cm³/mol. The highest BCUT2D eigenvalue weighted by atomic mass is 32.2. The second-order valence-electron chi connectivity index (χ2n) is 2.15. The van der Waals surface area contributed by atoms with Crippen molar-refractivity contribution in [3.05, 3.63) is 0 Å². The Bertz CT molecular complexity index is 128. The van der Waals surface area contributed by atoms with Gasteiger partial charge in [-0.1, -0.05) is 0 Å². The van der Waals surface area contributed by atoms with Crippen LogP contribution in [0.25, 0.3) is 0 Å². The number of aliphatic hydroxyl groups is 2. The average Bonchev–Trinajstić information content (AvgIpc) is 1.99. The molecular formula is C6H12O4S. The first-order valence-electron chi connectivity index (χ1n) is 3.21. The number of carbonyl (C=O) groups is 1. The van der Waals surface area contributed by atoms with Gasteiger partial charge in [-0.3, -0.25) is 4.79 Å². The van der Waals surface area contributed by atoms with Gasteiger partial charge in [-0.05, 0) is 6.92 Å². The molecule has 0 aromatic carbocycles. The van der Waals surface area contributed by atoms with Crippen LogP contribution < -0.4 is 0 Å². The van der Waals surface area contributed by atoms with E-state index in [1.54, 1.807) is 0 Å². The molecule has 4 nitrogen and oxygen atoms in total. The van der Waals surface area contributed by atoms with E-state index in [1.807, 2.05) is 0 Å². The van der Waals surface area contributed by atoms with Gasteiger partial charge in [0.15, 0.2) is 0 Å². The summed E-state index contributed by atoms with van der Waals surface area (Å²) in [6.45, 7) is 1.22. The number of thioether (sulfide) groups is 1. The Morgan fingerprint density at radius 1 is 1.64 bits per heavy atom. The van der Waals surface area contributed by atoms with Crippen LogP contribution in [-0.4, -0.2) is 45.0 Å². The summed E-state index contributed by atoms with van der Waals surface area (Å²) in [7, 11) is 0. The second kappa shape index (κ2) is 5.40. The lowest BCUT2D eigenvalue weighted by Crippen LogP contribution is -2.19. The quantitative estimate of drug-likeness (QED) is 0.534. The maximum Gasteiger partial charge on any atom is 0.316 e. The van der Waals surface area contributed by atoms with Gasteiger partial charge < -0.3 is 15.3 Å². The Balaban J connectivity index is 3.45. The summed E-state index contributed by atoms with van der Waals surface area (Å²) in [4.78, 5) is 10.2. The van der Waals surface area contributed by atoms with Crippen molar-refractivity contribution in [1.29, 1.82) is 0 Å². The Labute approximate surface area is 69.2 Å². The number of carboxylic acids is 1. The molecule has 0 saturated carbocycles. The van der Waals surface area contributed by atoms with Crippen LogP contribution in [-0.2, 0) is 4.79 Å². The third-order valence-corrected chi connectivity index (χ3v) is 2.38. The van der Waals surface area contributed by atoms with E-state index >= 15 is 0 Å². The second-order valence-corrected chi connectivity index (χ2v) is 3.52. The molecule has 0 heterocycles. The molecule has 2 unspecified atom stereocenters. The van der Waals surface area contributed by atoms with Crippen molar-refractivity contribution in [2.45, 2.75) is 18.3 Å². The van der Waals surface area contributed by atoms with Gasteiger partial charge in [-0.2, -0.15) is 0 Å². The highest BCUT2D eigenvalue weighted by Gasteiger charge is 2.12. The Morgan fingerprint density at radius 2 is 2.18 bits per heavy atom. The molecule has 0 bridgehead atoms. The van der Waals surface area contributed by atoms with Crippen LogP contribution in [0.15, 0.2) is 0 Å². The molecule has 5 heteroatoms. The molecule has 0 radical (unpaired) electrons. The van der Waals surface area contributed by atoms with Gasteiger partial charge in [0.2, 0.25) is 0 Å². The normalized spacial score (nSPS) is 15.9. The number of aliphatic carboxylic acids is 1. The van der Waals surface area contributed by atoms with Crippen molar-refractivity contribution in [1.82, 2.24) is 0 Å². The van der Waals surface area contributed by atoms with E-state index in [9.17, 15) is 4.79 Å². The maximum absolute atomic E-state index is 10.2. The summed E-state index contributed by atoms with van der Waals surface area (Å²) < 4.78 is 0. The maximum atomic E-state index is 10.2. The van der Waals surface area contributed by atoms with Crippen LogP contribution in [0.2, 0.25) is 0 Å². The minimum Gasteiger partial charge on any atom is -0.480 e. The minimum absolute atomic E-state index is 0.254. The zero-order chi connectivity index (χ0) is 8.85. The van der Waals surface area contributed by atoms with Crippen LogP contribution in [0.4, 0.5) is 0 Å². The SMILES string of the molecule is CC(SCC(O)CO)C(=O)O. The fourth-order valence-electron chi connectivity index (χ4n) is 0.379. The predicted octanol–water partition coefficient (Wildman–Crippen LogP) is -0.454. The minimum atomic E-state index is -0.903. The molecule has 2 atom stereocenters. The molecule has 0 rings (SSSR count). The van der Waals surface area contributed by atoms with Gasteiger partial charge in [-0.15, -0.1) is 11.8 Å². The summed E-state index contributed by atoms with van der Waals surface area (Å²) in [5.41, 5.74) is 0. The number of rotatable bonds is 5. The molecule has 0 saturated heterocycles. The monoisotopic (exact) mass is 180 g/mol. The lowest BCUT2D eigenvalue weighted by Gasteiger charge is -2.08. The molecule has 0 aliphatic carbocycles. The Hall–Kier alpha value is -0.260. The van der Waals surface area contributed by atoms with Gasteiger partial charge in [-0.25, -0.2) is 0 Å². The Kier molecular flexibility index (Phi) is 5.27. The van der Waals surface area contributed by atoms with Gasteiger partial charge in [0.25, 0.3) is 0 Å². The first-order chi connectivity index (χ1) is 5.07. The molecule has 66 valence electrons. The third kappa shape index (κ3) is 5.06. The molecule has 3 N–H and O–H groups in total. The Morgan fingerprint density at radius 3 is 2.55 bits per heavy atom. The van der Waals surface area contributed by atoms with Crippen molar-refractivity contribution in [2.24, 2.45) is 0 Å². The van der Waals surface area contributed by atoms with E-state index in [2.05, 4.69) is 0 Å². The highest BCUT2D eigenvalue weighted by molar-refractivity contribution is 8.00. The number of carboxylic acid groups (broad SMARTS) is 1. The number of hydrogen-bond acceptors (Lipinski definition) is 4. The van der Waals surface area contributed by atoms with Crippen LogP contribution >= 0.6 is 11.8 Å². The van der Waals surface area contributed by atoms with Crippen LogP contribution in [0, 0.1) is 0 Å². The first-order valence-corrected chi connectivity index (χ1v) is 4.26. The lowest BCUT2D eigenvalue weighted by atomic mass is 10.4. The molecule has 0 fully saturated rings. The van der Waals surface area contributed by atoms with E-state index in [-0.39, 0.29) is 12.4 Å². The number of aliphatic hydroxyl groups excluding tert-OH is 2. The third-order valence-electron chi connectivity index (χ3n) is 1.10. The van der Waals surface area contributed by atoms with E-state index < -0.39 is 17.3 Å².